The molecular weight excluding hydrogens is 472 g/mol. The van der Waals surface area contributed by atoms with E-state index in [1.165, 1.54) is 0 Å². The van der Waals surface area contributed by atoms with Gasteiger partial charge in [-0.25, -0.2) is 0 Å². The van der Waals surface area contributed by atoms with Crippen LogP contribution in [0.15, 0.2) is 0 Å². The van der Waals surface area contributed by atoms with Gasteiger partial charge in [0.1, 0.15) is 18.3 Å². The predicted molar refractivity (Wildman–Crippen MR) is 90.8 cm³/mol. The molecule has 5 atom stereocenters. The number of ether oxygens (including phenoxy) is 1. The molecule has 1 aliphatic rings. The van der Waals surface area contributed by atoms with Gasteiger partial charge in [-0.15, -0.1) is 0 Å². The summed E-state index contributed by atoms with van der Waals surface area (Å²) >= 11 is 0. The normalized spacial score (nSPS) is 30.2. The lowest BCUT2D eigenvalue weighted by Gasteiger charge is -2.42. The highest BCUT2D eigenvalue weighted by Gasteiger charge is 2.52. The first-order chi connectivity index (χ1) is 12.3. The zero-order chi connectivity index (χ0) is 22.1. The highest BCUT2D eigenvalue weighted by atomic mass is 32.2. The molecule has 0 saturated carbocycles. The molecule has 0 spiro atoms. The molecule has 0 aromatic heterocycles. The van der Waals surface area contributed by atoms with Gasteiger partial charge in [0.2, 0.25) is 0 Å². The van der Waals surface area contributed by atoms with Crippen molar-refractivity contribution in [3.63, 3.8) is 0 Å². The van der Waals surface area contributed by atoms with Crippen LogP contribution in [0.4, 0.5) is 0 Å². The molecule has 0 bridgehead atoms. The molecule has 0 aliphatic carbocycles. The molecule has 1 N–H and O–H groups in total. The van der Waals surface area contributed by atoms with Gasteiger partial charge in [0.15, 0.2) is 12.4 Å². The Bertz CT molecular complexity index is 963. The Morgan fingerprint density at radius 3 is 1.46 bits per heavy atom. The number of rotatable bonds is 9. The van der Waals surface area contributed by atoms with Gasteiger partial charge in [-0.1, -0.05) is 0 Å². The predicted octanol–water partition coefficient (Wildman–Crippen LogP) is -3.29. The third-order valence-electron chi connectivity index (χ3n) is 2.91. The van der Waals surface area contributed by atoms with Crippen LogP contribution in [0.1, 0.15) is 0 Å². The quantitative estimate of drug-likeness (QED) is 0.314. The van der Waals surface area contributed by atoms with Gasteiger partial charge in [-0.2, -0.15) is 33.7 Å². The van der Waals surface area contributed by atoms with Crippen molar-refractivity contribution in [3.05, 3.63) is 0 Å². The Balaban J connectivity index is 3.42. The summed E-state index contributed by atoms with van der Waals surface area (Å²) in [5.74, 6) is 0. The lowest BCUT2D eigenvalue weighted by atomic mass is 9.99. The van der Waals surface area contributed by atoms with Crippen molar-refractivity contribution in [3.8, 4) is 0 Å². The summed E-state index contributed by atoms with van der Waals surface area (Å²) in [6.45, 7) is -0.911. The summed E-state index contributed by atoms with van der Waals surface area (Å²) in [6.07, 6.45) is -7.58. The molecule has 1 saturated heterocycles. The second-order valence-electron chi connectivity index (χ2n) is 5.85. The van der Waals surface area contributed by atoms with Gasteiger partial charge in [0.05, 0.1) is 31.6 Å². The average molecular weight is 493 g/mol. The summed E-state index contributed by atoms with van der Waals surface area (Å²) < 4.78 is 115. The fraction of sp³-hybridized carbons (Fsp3) is 1.00. The van der Waals surface area contributed by atoms with E-state index in [0.29, 0.717) is 25.0 Å². The third kappa shape index (κ3) is 9.37. The molecule has 1 rings (SSSR count). The monoisotopic (exact) mass is 492 g/mol. The third-order valence-corrected chi connectivity index (χ3v) is 5.19. The van der Waals surface area contributed by atoms with Gasteiger partial charge in [-0.3, -0.25) is 16.7 Å². The van der Waals surface area contributed by atoms with E-state index in [4.69, 9.17) is 8.92 Å². The van der Waals surface area contributed by atoms with E-state index in [0.717, 1.165) is 0 Å². The van der Waals surface area contributed by atoms with Crippen LogP contribution in [0.5, 0.6) is 0 Å². The molecule has 0 unspecified atom stereocenters. The minimum absolute atomic E-state index is 0.561. The Morgan fingerprint density at radius 2 is 1.07 bits per heavy atom. The first kappa shape index (κ1) is 25.6. The molecule has 1 aliphatic heterocycles. The first-order valence-corrected chi connectivity index (χ1v) is 14.4. The summed E-state index contributed by atoms with van der Waals surface area (Å²) in [5.41, 5.74) is 0. The fourth-order valence-corrected chi connectivity index (χ4v) is 4.40. The maximum absolute atomic E-state index is 11.6. The molecule has 0 radical (unpaired) electrons. The van der Waals surface area contributed by atoms with Crippen molar-refractivity contribution in [2.45, 2.75) is 30.7 Å². The minimum Gasteiger partial charge on any atom is -0.366 e. The van der Waals surface area contributed by atoms with E-state index in [9.17, 15) is 38.8 Å². The van der Waals surface area contributed by atoms with E-state index in [-0.39, 0.29) is 0 Å². The molecule has 1 fully saturated rings. The molecule has 28 heavy (non-hydrogen) atoms. The van der Waals surface area contributed by atoms with Crippen LogP contribution in [0.25, 0.3) is 0 Å². The van der Waals surface area contributed by atoms with Gasteiger partial charge in [-0.05, 0) is 0 Å². The highest BCUT2D eigenvalue weighted by molar-refractivity contribution is 7.86. The minimum atomic E-state index is -4.37. The van der Waals surface area contributed by atoms with Gasteiger partial charge >= 0.3 is 0 Å². The van der Waals surface area contributed by atoms with Crippen LogP contribution < -0.4 is 0 Å². The Kier molecular flexibility index (Phi) is 7.99. The molecule has 18 heteroatoms. The molecule has 0 aromatic carbocycles. The molecule has 0 amide bonds. The number of hydrogen-bond donors (Lipinski definition) is 1. The summed E-state index contributed by atoms with van der Waals surface area (Å²) in [7, 11) is -17.1. The molecule has 1 heterocycles. The Hall–Kier alpha value is -0.440. The van der Waals surface area contributed by atoms with Gasteiger partial charge in [0, 0.05) is 0 Å². The van der Waals surface area contributed by atoms with E-state index < -0.39 is 77.8 Å². The molecule has 0 aromatic rings. The maximum Gasteiger partial charge on any atom is 0.264 e. The van der Waals surface area contributed by atoms with E-state index in [1.54, 1.807) is 0 Å². The Morgan fingerprint density at radius 1 is 0.679 bits per heavy atom. The van der Waals surface area contributed by atoms with Crippen molar-refractivity contribution in [1.29, 1.82) is 0 Å². The second-order valence-corrected chi connectivity index (χ2v) is 12.3. The van der Waals surface area contributed by atoms with Gasteiger partial charge < -0.3 is 9.84 Å². The van der Waals surface area contributed by atoms with Crippen LogP contribution in [-0.2, 0) is 61.9 Å². The number of aliphatic hydroxyl groups excluding tert-OH is 1. The molecule has 14 nitrogen and oxygen atoms in total. The van der Waals surface area contributed by atoms with Crippen LogP contribution >= 0.6 is 0 Å². The zero-order valence-corrected chi connectivity index (χ0v) is 18.2. The van der Waals surface area contributed by atoms with Gasteiger partial charge in [0.25, 0.3) is 40.5 Å². The standard InChI is InChI=1S/C10H20O14S4/c1-25(12,13)20-5-6-7(22-26(2,14)15)8(23-27(3,16)17)9(10(11)21-6)24-28(4,18)19/h6-11H,5H2,1-4H3/t6-,7+,8-,9+,10+/m0/s1. The van der Waals surface area contributed by atoms with Crippen LogP contribution in [0.3, 0.4) is 0 Å². The van der Waals surface area contributed by atoms with E-state index in [2.05, 4.69) is 12.5 Å². The van der Waals surface area contributed by atoms with Crippen molar-refractivity contribution in [2.24, 2.45) is 0 Å². The molecule has 168 valence electrons. The summed E-state index contributed by atoms with van der Waals surface area (Å²) in [4.78, 5) is 0. The SMILES string of the molecule is CS(=O)(=O)OC[C@@H]1O[C@@H](O)[C@H](OS(C)(=O)=O)[C@@H](OS(C)(=O)=O)[C@@H]1OS(C)(=O)=O. The van der Waals surface area contributed by atoms with E-state index >= 15 is 0 Å². The largest absolute Gasteiger partial charge is 0.366 e. The lowest BCUT2D eigenvalue weighted by molar-refractivity contribution is -0.267. The zero-order valence-electron chi connectivity index (χ0n) is 15.0. The van der Waals surface area contributed by atoms with Crippen molar-refractivity contribution < 1.29 is 60.2 Å². The summed E-state index contributed by atoms with van der Waals surface area (Å²) in [5, 5.41) is 10.0. The molecular formula is C10H20O14S4. The number of aliphatic hydroxyl groups is 1. The van der Waals surface area contributed by atoms with Crippen LogP contribution in [-0.4, -0.2) is 101 Å². The topological polar surface area (TPSA) is 203 Å². The fourth-order valence-electron chi connectivity index (χ4n) is 2.15. The second kappa shape index (κ2) is 8.74. The smallest absolute Gasteiger partial charge is 0.264 e. The van der Waals surface area contributed by atoms with Crippen molar-refractivity contribution in [1.82, 2.24) is 0 Å². The average Bonchev–Trinajstić information content (AvgIpc) is 2.39. The van der Waals surface area contributed by atoms with Crippen molar-refractivity contribution in [2.75, 3.05) is 31.6 Å². The summed E-state index contributed by atoms with van der Waals surface area (Å²) in [6, 6.07) is 0. The van der Waals surface area contributed by atoms with Crippen LogP contribution in [0, 0.1) is 0 Å². The Labute approximate surface area is 163 Å². The lowest BCUT2D eigenvalue weighted by Crippen LogP contribution is -2.62. The van der Waals surface area contributed by atoms with E-state index in [1.807, 2.05) is 0 Å². The number of hydrogen-bond acceptors (Lipinski definition) is 14. The highest BCUT2D eigenvalue weighted by Crippen LogP contribution is 2.30. The van der Waals surface area contributed by atoms with Crippen molar-refractivity contribution >= 4 is 40.5 Å². The van der Waals surface area contributed by atoms with Crippen LogP contribution in [0.2, 0.25) is 0 Å². The first-order valence-electron chi connectivity index (χ1n) is 7.10. The maximum atomic E-state index is 11.6.